The molecule has 114 valence electrons. The second-order valence-electron chi connectivity index (χ2n) is 6.26. The Labute approximate surface area is 131 Å². The number of nitrogens with zero attached hydrogens (tertiary/aromatic N) is 2. The van der Waals surface area contributed by atoms with Gasteiger partial charge in [0.2, 0.25) is 5.91 Å². The van der Waals surface area contributed by atoms with Gasteiger partial charge in [0, 0.05) is 37.1 Å². The van der Waals surface area contributed by atoms with Gasteiger partial charge in [-0.25, -0.2) is 0 Å². The number of rotatable bonds is 3. The highest BCUT2D eigenvalue weighted by Crippen LogP contribution is 2.39. The minimum absolute atomic E-state index is 0.125. The first-order valence-electron chi connectivity index (χ1n) is 7.58. The van der Waals surface area contributed by atoms with Crippen molar-refractivity contribution in [1.82, 2.24) is 4.90 Å². The lowest BCUT2D eigenvalue weighted by Crippen LogP contribution is -2.44. The molecule has 1 aliphatic carbocycles. The van der Waals surface area contributed by atoms with Crippen LogP contribution in [0.3, 0.4) is 0 Å². The van der Waals surface area contributed by atoms with Crippen molar-refractivity contribution in [1.29, 1.82) is 0 Å². The van der Waals surface area contributed by atoms with E-state index in [1.165, 1.54) is 0 Å². The molecule has 1 saturated carbocycles. The van der Waals surface area contributed by atoms with Crippen LogP contribution in [0.2, 0.25) is 5.02 Å². The van der Waals surface area contributed by atoms with Crippen LogP contribution in [0, 0.1) is 11.8 Å². The molecular formula is C16H22ClN3O. The van der Waals surface area contributed by atoms with Crippen molar-refractivity contribution in [3.05, 3.63) is 23.2 Å². The molecule has 1 heterocycles. The molecule has 2 aliphatic rings. The monoisotopic (exact) mass is 307 g/mol. The molecule has 4 nitrogen and oxygen atoms in total. The normalized spacial score (nSPS) is 25.8. The molecule has 1 aliphatic heterocycles. The Balaban J connectivity index is 1.78. The van der Waals surface area contributed by atoms with Gasteiger partial charge in [-0.3, -0.25) is 4.79 Å². The van der Waals surface area contributed by atoms with Gasteiger partial charge in [0.15, 0.2) is 0 Å². The summed E-state index contributed by atoms with van der Waals surface area (Å²) in [7, 11) is 2.14. The Morgan fingerprint density at radius 2 is 1.95 bits per heavy atom. The highest BCUT2D eigenvalue weighted by atomic mass is 35.5. The topological polar surface area (TPSA) is 35.6 Å². The maximum absolute atomic E-state index is 12.2. The van der Waals surface area contributed by atoms with E-state index in [-0.39, 0.29) is 11.8 Å². The lowest BCUT2D eigenvalue weighted by Gasteiger charge is -2.35. The lowest BCUT2D eigenvalue weighted by molar-refractivity contribution is -0.117. The number of likely N-dealkylation sites (N-methyl/N-ethyl adjacent to an activating group) is 1. The van der Waals surface area contributed by atoms with E-state index in [2.05, 4.69) is 29.1 Å². The van der Waals surface area contributed by atoms with Crippen LogP contribution in [0.25, 0.3) is 0 Å². The summed E-state index contributed by atoms with van der Waals surface area (Å²) in [5.41, 5.74) is 1.92. The number of halogens is 1. The van der Waals surface area contributed by atoms with Gasteiger partial charge < -0.3 is 15.1 Å². The minimum atomic E-state index is 0.125. The second-order valence-corrected chi connectivity index (χ2v) is 6.70. The van der Waals surface area contributed by atoms with Crippen molar-refractivity contribution in [2.75, 3.05) is 43.4 Å². The van der Waals surface area contributed by atoms with Crippen LogP contribution >= 0.6 is 11.6 Å². The van der Waals surface area contributed by atoms with E-state index >= 15 is 0 Å². The van der Waals surface area contributed by atoms with E-state index in [1.54, 1.807) is 0 Å². The Hall–Kier alpha value is -1.26. The van der Waals surface area contributed by atoms with Gasteiger partial charge in [0.25, 0.3) is 0 Å². The standard InChI is InChI=1S/C16H22ClN3O/c1-11-9-13(11)16(21)18-14-10-12(17)3-4-15(14)20-7-5-19(2)6-8-20/h3-4,10-11,13H,5-9H2,1-2H3,(H,18,21)/t11-,13+/m1/s1. The summed E-state index contributed by atoms with van der Waals surface area (Å²) in [5, 5.41) is 3.73. The number of anilines is 2. The predicted octanol–water partition coefficient (Wildman–Crippen LogP) is 2.69. The van der Waals surface area contributed by atoms with Crippen LogP contribution in [0.1, 0.15) is 13.3 Å². The molecule has 0 unspecified atom stereocenters. The number of nitrogens with one attached hydrogen (secondary N) is 1. The first-order chi connectivity index (χ1) is 10.0. The van der Waals surface area contributed by atoms with E-state index in [4.69, 9.17) is 11.6 Å². The van der Waals surface area contributed by atoms with Gasteiger partial charge in [-0.1, -0.05) is 18.5 Å². The van der Waals surface area contributed by atoms with E-state index < -0.39 is 0 Å². The quantitative estimate of drug-likeness (QED) is 0.932. The van der Waals surface area contributed by atoms with Crippen molar-refractivity contribution >= 4 is 28.9 Å². The first-order valence-corrected chi connectivity index (χ1v) is 7.96. The zero-order chi connectivity index (χ0) is 15.0. The van der Waals surface area contributed by atoms with Gasteiger partial charge in [-0.15, -0.1) is 0 Å². The smallest absolute Gasteiger partial charge is 0.227 e. The molecule has 3 rings (SSSR count). The molecule has 0 spiro atoms. The van der Waals surface area contributed by atoms with Gasteiger partial charge in [-0.05, 0) is 37.6 Å². The Morgan fingerprint density at radius 3 is 2.57 bits per heavy atom. The lowest BCUT2D eigenvalue weighted by atomic mass is 10.2. The second kappa shape index (κ2) is 5.85. The Bertz CT molecular complexity index is 540. The minimum Gasteiger partial charge on any atom is -0.367 e. The molecule has 1 N–H and O–H groups in total. The zero-order valence-electron chi connectivity index (χ0n) is 12.6. The fourth-order valence-corrected chi connectivity index (χ4v) is 3.02. The summed E-state index contributed by atoms with van der Waals surface area (Å²) < 4.78 is 0. The van der Waals surface area contributed by atoms with E-state index in [1.807, 2.05) is 18.2 Å². The van der Waals surface area contributed by atoms with Gasteiger partial charge in [0.1, 0.15) is 0 Å². The molecular weight excluding hydrogens is 286 g/mol. The van der Waals surface area contributed by atoms with E-state index in [9.17, 15) is 4.79 Å². The van der Waals surface area contributed by atoms with Crippen molar-refractivity contribution in [2.24, 2.45) is 11.8 Å². The van der Waals surface area contributed by atoms with Crippen LogP contribution in [0.4, 0.5) is 11.4 Å². The first kappa shape index (κ1) is 14.7. The number of hydrogen-bond acceptors (Lipinski definition) is 3. The average Bonchev–Trinajstić information content (AvgIpc) is 3.18. The summed E-state index contributed by atoms with van der Waals surface area (Å²) in [6, 6.07) is 5.77. The van der Waals surface area contributed by atoms with Crippen molar-refractivity contribution in [2.45, 2.75) is 13.3 Å². The molecule has 1 aromatic carbocycles. The number of hydrogen-bond donors (Lipinski definition) is 1. The highest BCUT2D eigenvalue weighted by Gasteiger charge is 2.39. The van der Waals surface area contributed by atoms with Crippen LogP contribution in [-0.4, -0.2) is 44.0 Å². The van der Waals surface area contributed by atoms with E-state index in [0.29, 0.717) is 10.9 Å². The van der Waals surface area contributed by atoms with Crippen LogP contribution in [0.5, 0.6) is 0 Å². The van der Waals surface area contributed by atoms with Crippen LogP contribution in [-0.2, 0) is 4.79 Å². The Kier molecular flexibility index (Phi) is 4.09. The number of carbonyl (C=O) groups is 1. The fourth-order valence-electron chi connectivity index (χ4n) is 2.84. The third-order valence-electron chi connectivity index (χ3n) is 4.51. The summed E-state index contributed by atoms with van der Waals surface area (Å²) in [6.07, 6.45) is 0.996. The molecule has 5 heteroatoms. The molecule has 0 radical (unpaired) electrons. The number of benzene rings is 1. The van der Waals surface area contributed by atoms with Gasteiger partial charge in [-0.2, -0.15) is 0 Å². The molecule has 2 atom stereocenters. The molecule has 0 aromatic heterocycles. The van der Waals surface area contributed by atoms with Crippen LogP contribution < -0.4 is 10.2 Å². The van der Waals surface area contributed by atoms with Crippen LogP contribution in [0.15, 0.2) is 18.2 Å². The fraction of sp³-hybridized carbons (Fsp3) is 0.562. The number of amides is 1. The van der Waals surface area contributed by atoms with Crippen molar-refractivity contribution < 1.29 is 4.79 Å². The van der Waals surface area contributed by atoms with Gasteiger partial charge >= 0.3 is 0 Å². The third-order valence-corrected chi connectivity index (χ3v) is 4.74. The maximum Gasteiger partial charge on any atom is 0.227 e. The molecule has 1 saturated heterocycles. The maximum atomic E-state index is 12.2. The molecule has 1 amide bonds. The molecule has 21 heavy (non-hydrogen) atoms. The highest BCUT2D eigenvalue weighted by molar-refractivity contribution is 6.31. The predicted molar refractivity (Wildman–Crippen MR) is 87.1 cm³/mol. The van der Waals surface area contributed by atoms with Crippen molar-refractivity contribution in [3.8, 4) is 0 Å². The number of carbonyl (C=O) groups excluding carboxylic acids is 1. The summed E-state index contributed by atoms with van der Waals surface area (Å²) in [5.74, 6) is 0.806. The zero-order valence-corrected chi connectivity index (χ0v) is 13.4. The van der Waals surface area contributed by atoms with Gasteiger partial charge in [0.05, 0.1) is 11.4 Å². The van der Waals surface area contributed by atoms with E-state index in [0.717, 1.165) is 44.0 Å². The van der Waals surface area contributed by atoms with Crippen molar-refractivity contribution in [3.63, 3.8) is 0 Å². The third kappa shape index (κ3) is 3.33. The SMILES string of the molecule is C[C@@H]1C[C@@H]1C(=O)Nc1cc(Cl)ccc1N1CCN(C)CC1. The largest absolute Gasteiger partial charge is 0.367 e. The molecule has 2 fully saturated rings. The Morgan fingerprint density at radius 1 is 1.29 bits per heavy atom. The molecule has 0 bridgehead atoms. The average molecular weight is 308 g/mol. The summed E-state index contributed by atoms with van der Waals surface area (Å²) >= 11 is 6.11. The summed E-state index contributed by atoms with van der Waals surface area (Å²) in [4.78, 5) is 16.8. The summed E-state index contributed by atoms with van der Waals surface area (Å²) in [6.45, 7) is 6.14. The molecule has 1 aromatic rings. The number of piperazine rings is 1.